The van der Waals surface area contributed by atoms with Crippen LogP contribution in [0.2, 0.25) is 0 Å². The first-order valence-corrected chi connectivity index (χ1v) is 11.2. The van der Waals surface area contributed by atoms with Gasteiger partial charge in [-0.15, -0.1) is 0 Å². The number of pyridine rings is 1. The van der Waals surface area contributed by atoms with E-state index in [1.807, 2.05) is 67.3 Å². The number of aryl methyl sites for hydroxylation is 1. The van der Waals surface area contributed by atoms with Crippen molar-refractivity contribution < 1.29 is 9.53 Å². The van der Waals surface area contributed by atoms with Crippen LogP contribution in [0.3, 0.4) is 0 Å². The molecule has 1 fully saturated rings. The number of para-hydroxylation sites is 3. The van der Waals surface area contributed by atoms with E-state index < -0.39 is 0 Å². The van der Waals surface area contributed by atoms with Crippen molar-refractivity contribution in [2.24, 2.45) is 0 Å². The third kappa shape index (κ3) is 3.54. The van der Waals surface area contributed by atoms with Crippen LogP contribution < -0.4 is 9.64 Å². The lowest BCUT2D eigenvalue weighted by molar-refractivity contribution is 0.0742. The van der Waals surface area contributed by atoms with Gasteiger partial charge in [0.1, 0.15) is 17.6 Å². The van der Waals surface area contributed by atoms with Crippen LogP contribution in [0, 0.1) is 18.3 Å². The fourth-order valence-corrected chi connectivity index (χ4v) is 4.54. The number of amides is 1. The minimum atomic E-state index is -0.00654. The molecule has 0 bridgehead atoms. The number of ether oxygens (including phenoxy) is 1. The van der Waals surface area contributed by atoms with E-state index in [1.54, 1.807) is 0 Å². The smallest absolute Gasteiger partial charge is 0.257 e. The SMILES string of the molecule is CCOc1ccccc1C(=O)N1CCN(c2cc(C)c(C#N)c3nc4ccccc4n23)CC1. The molecule has 1 amide bonds. The first-order valence-electron chi connectivity index (χ1n) is 11.2. The summed E-state index contributed by atoms with van der Waals surface area (Å²) in [6.07, 6.45) is 0. The first kappa shape index (κ1) is 20.8. The summed E-state index contributed by atoms with van der Waals surface area (Å²) in [5.41, 5.74) is 4.61. The molecule has 2 aromatic heterocycles. The van der Waals surface area contributed by atoms with Crippen LogP contribution in [-0.2, 0) is 0 Å². The Morgan fingerprint density at radius 3 is 2.58 bits per heavy atom. The Hall–Kier alpha value is -4.05. The van der Waals surface area contributed by atoms with Crippen LogP contribution >= 0.6 is 0 Å². The van der Waals surface area contributed by atoms with Crippen LogP contribution in [0.1, 0.15) is 28.4 Å². The number of aromatic nitrogens is 2. The van der Waals surface area contributed by atoms with E-state index in [-0.39, 0.29) is 5.91 Å². The van der Waals surface area contributed by atoms with E-state index in [1.165, 1.54) is 0 Å². The summed E-state index contributed by atoms with van der Waals surface area (Å²) in [5, 5.41) is 9.74. The largest absolute Gasteiger partial charge is 0.493 e. The van der Waals surface area contributed by atoms with Crippen LogP contribution in [-0.4, -0.2) is 53.0 Å². The zero-order valence-electron chi connectivity index (χ0n) is 18.8. The van der Waals surface area contributed by atoms with Crippen molar-refractivity contribution in [1.29, 1.82) is 5.26 Å². The zero-order chi connectivity index (χ0) is 22.9. The molecular formula is C26H25N5O2. The molecule has 2 aromatic carbocycles. The van der Waals surface area contributed by atoms with E-state index in [0.29, 0.717) is 55.3 Å². The van der Waals surface area contributed by atoms with E-state index >= 15 is 0 Å². The number of imidazole rings is 1. The van der Waals surface area contributed by atoms with Gasteiger partial charge in [0.05, 0.1) is 28.8 Å². The lowest BCUT2D eigenvalue weighted by atomic mass is 10.1. The van der Waals surface area contributed by atoms with Crippen LogP contribution in [0.5, 0.6) is 5.75 Å². The highest BCUT2D eigenvalue weighted by molar-refractivity contribution is 5.97. The number of nitrogens with zero attached hydrogens (tertiary/aromatic N) is 5. The summed E-state index contributed by atoms with van der Waals surface area (Å²) in [5.74, 6) is 1.62. The van der Waals surface area contributed by atoms with E-state index in [2.05, 4.69) is 21.4 Å². The highest BCUT2D eigenvalue weighted by Gasteiger charge is 2.26. The number of nitriles is 1. The van der Waals surface area contributed by atoms with Crippen LogP contribution in [0.25, 0.3) is 16.7 Å². The normalized spacial score (nSPS) is 14.0. The number of hydrogen-bond acceptors (Lipinski definition) is 5. The van der Waals surface area contributed by atoms with E-state index in [9.17, 15) is 10.1 Å². The second-order valence-corrected chi connectivity index (χ2v) is 8.14. The molecule has 0 atom stereocenters. The molecule has 166 valence electrons. The summed E-state index contributed by atoms with van der Waals surface area (Å²) < 4.78 is 7.73. The molecule has 0 spiro atoms. The summed E-state index contributed by atoms with van der Waals surface area (Å²) in [6, 6.07) is 19.7. The molecule has 0 radical (unpaired) electrons. The van der Waals surface area contributed by atoms with Crippen molar-refractivity contribution >= 4 is 28.4 Å². The molecule has 1 aliphatic heterocycles. The van der Waals surface area contributed by atoms with Crippen LogP contribution in [0.15, 0.2) is 54.6 Å². The van der Waals surface area contributed by atoms with Crippen molar-refractivity contribution in [3.8, 4) is 11.8 Å². The van der Waals surface area contributed by atoms with Gasteiger partial charge in [0.2, 0.25) is 0 Å². The quantitative estimate of drug-likeness (QED) is 0.480. The molecule has 4 aromatic rings. The molecule has 33 heavy (non-hydrogen) atoms. The fraction of sp³-hybridized carbons (Fsp3) is 0.269. The number of hydrogen-bond donors (Lipinski definition) is 0. The van der Waals surface area contributed by atoms with Gasteiger partial charge in [-0.25, -0.2) is 4.98 Å². The number of carbonyl (C=O) groups excluding carboxylic acids is 1. The van der Waals surface area contributed by atoms with Gasteiger partial charge in [0.25, 0.3) is 5.91 Å². The van der Waals surface area contributed by atoms with Gasteiger partial charge >= 0.3 is 0 Å². The van der Waals surface area contributed by atoms with Gasteiger partial charge in [-0.1, -0.05) is 24.3 Å². The number of piperazine rings is 1. The molecule has 0 aliphatic carbocycles. The Morgan fingerprint density at radius 2 is 1.82 bits per heavy atom. The Labute approximate surface area is 192 Å². The topological polar surface area (TPSA) is 73.9 Å². The van der Waals surface area contributed by atoms with Gasteiger partial charge in [0, 0.05) is 26.2 Å². The number of carbonyl (C=O) groups is 1. The lowest BCUT2D eigenvalue weighted by Gasteiger charge is -2.36. The minimum Gasteiger partial charge on any atom is -0.493 e. The van der Waals surface area contributed by atoms with Gasteiger partial charge in [-0.2, -0.15) is 5.26 Å². The van der Waals surface area contributed by atoms with E-state index in [4.69, 9.17) is 9.72 Å². The maximum atomic E-state index is 13.2. The van der Waals surface area contributed by atoms with Gasteiger partial charge in [0.15, 0.2) is 5.65 Å². The van der Waals surface area contributed by atoms with Gasteiger partial charge in [-0.05, 0) is 49.7 Å². The standard InChI is InChI=1S/C26H25N5O2/c1-3-33-23-11-7-4-8-19(23)26(32)30-14-12-29(13-15-30)24-16-18(2)20(17-27)25-28-21-9-5-6-10-22(21)31(24)25/h4-11,16H,3,12-15H2,1-2H3. The van der Waals surface area contributed by atoms with Gasteiger partial charge in [-0.3, -0.25) is 9.20 Å². The monoisotopic (exact) mass is 439 g/mol. The van der Waals surface area contributed by atoms with Crippen molar-refractivity contribution in [1.82, 2.24) is 14.3 Å². The molecule has 1 aliphatic rings. The Bertz CT molecular complexity index is 1390. The zero-order valence-corrected chi connectivity index (χ0v) is 18.8. The van der Waals surface area contributed by atoms with Crippen LogP contribution in [0.4, 0.5) is 5.82 Å². The first-order chi connectivity index (χ1) is 16.1. The molecule has 7 nitrogen and oxygen atoms in total. The Kier molecular flexibility index (Phi) is 5.35. The summed E-state index contributed by atoms with van der Waals surface area (Å²) >= 11 is 0. The molecular weight excluding hydrogens is 414 g/mol. The second kappa shape index (κ2) is 8.47. The third-order valence-corrected chi connectivity index (χ3v) is 6.17. The highest BCUT2D eigenvalue weighted by Crippen LogP contribution is 2.29. The Balaban J connectivity index is 1.46. The second-order valence-electron chi connectivity index (χ2n) is 8.14. The van der Waals surface area contributed by atoms with Crippen molar-refractivity contribution in [3.63, 3.8) is 0 Å². The molecule has 0 unspecified atom stereocenters. The maximum Gasteiger partial charge on any atom is 0.257 e. The Morgan fingerprint density at radius 1 is 1.09 bits per heavy atom. The van der Waals surface area contributed by atoms with Crippen molar-refractivity contribution in [3.05, 3.63) is 71.3 Å². The number of benzene rings is 2. The predicted octanol–water partition coefficient (Wildman–Crippen LogP) is 4.03. The number of fused-ring (bicyclic) bond motifs is 3. The van der Waals surface area contributed by atoms with Gasteiger partial charge < -0.3 is 14.5 Å². The molecule has 5 rings (SSSR count). The maximum absolute atomic E-state index is 13.2. The summed E-state index contributed by atoms with van der Waals surface area (Å²) in [7, 11) is 0. The third-order valence-electron chi connectivity index (χ3n) is 6.17. The molecule has 1 saturated heterocycles. The summed E-state index contributed by atoms with van der Waals surface area (Å²) in [6.45, 7) is 6.97. The average molecular weight is 440 g/mol. The number of rotatable bonds is 4. The highest BCUT2D eigenvalue weighted by atomic mass is 16.5. The molecule has 3 heterocycles. The minimum absolute atomic E-state index is 0.00654. The van der Waals surface area contributed by atoms with E-state index in [0.717, 1.165) is 22.4 Å². The van der Waals surface area contributed by atoms with Crippen molar-refractivity contribution in [2.45, 2.75) is 13.8 Å². The summed E-state index contributed by atoms with van der Waals surface area (Å²) in [4.78, 5) is 22.1. The van der Waals surface area contributed by atoms with Crippen molar-refractivity contribution in [2.75, 3.05) is 37.7 Å². The molecule has 0 saturated carbocycles. The fourth-order valence-electron chi connectivity index (χ4n) is 4.54. The predicted molar refractivity (Wildman–Crippen MR) is 128 cm³/mol. The molecule has 0 N–H and O–H groups in total. The molecule has 7 heteroatoms. The average Bonchev–Trinajstić information content (AvgIpc) is 3.23. The lowest BCUT2D eigenvalue weighted by Crippen LogP contribution is -2.49. The number of anilines is 1.